The number of hydrogen-bond acceptors (Lipinski definition) is 25. The van der Waals surface area contributed by atoms with E-state index < -0.39 is 58.5 Å². The van der Waals surface area contributed by atoms with E-state index in [1.54, 1.807) is 89.9 Å². The fourth-order valence-electron chi connectivity index (χ4n) is 17.5. The van der Waals surface area contributed by atoms with E-state index in [2.05, 4.69) is 51.4 Å². The number of methoxy groups -OCH3 is 4. The lowest BCUT2D eigenvalue weighted by Gasteiger charge is -2.36. The molecule has 12 heterocycles. The van der Waals surface area contributed by atoms with Crippen LogP contribution in [0.1, 0.15) is 130 Å². The minimum atomic E-state index is -4.83. The highest BCUT2D eigenvalue weighted by Crippen LogP contribution is 2.47. The molecule has 0 saturated heterocycles. The number of alkyl halides is 5. The molecule has 0 amide bonds. The fraction of sp³-hybridized carbons (Fsp3) is 0.288. The molecule has 0 spiro atoms. The number of benzene rings is 8. The number of terminal acetylenes is 1. The molecule has 8 aliphatic rings. The van der Waals surface area contributed by atoms with E-state index in [1.165, 1.54) is 31.2 Å². The van der Waals surface area contributed by atoms with Gasteiger partial charge in [-0.3, -0.25) is 0 Å². The van der Waals surface area contributed by atoms with Crippen LogP contribution in [0.5, 0.6) is 23.0 Å². The second kappa shape index (κ2) is 38.6. The highest BCUT2D eigenvalue weighted by atomic mass is 19.4. The normalized spacial score (nSPS) is 20.0. The van der Waals surface area contributed by atoms with Gasteiger partial charge in [-0.2, -0.15) is 13.2 Å². The molecular weight excluding hydrogens is 1810 g/mol. The quantitative estimate of drug-likeness (QED) is 0.0618. The number of nitrogens with zero attached hydrogens (tertiary/aromatic N) is 16. The van der Waals surface area contributed by atoms with Gasteiger partial charge in [-0.25, -0.2) is 37.5 Å². The topological polar surface area (TPSA) is 265 Å². The maximum atomic E-state index is 14.2. The number of fused-ring (bicyclic) bond motifs is 4. The fourth-order valence-corrected chi connectivity index (χ4v) is 17.5. The van der Waals surface area contributed by atoms with Crippen molar-refractivity contribution in [3.63, 3.8) is 0 Å². The Hall–Kier alpha value is -15.9. The maximum Gasteiger partial charge on any atom is 0.416 e. The van der Waals surface area contributed by atoms with Crippen LogP contribution in [0.15, 0.2) is 247 Å². The Kier molecular flexibility index (Phi) is 26.4. The zero-order valence-electron chi connectivity index (χ0n) is 79.3. The monoisotopic (exact) mass is 1910 g/mol. The van der Waals surface area contributed by atoms with Gasteiger partial charge in [0, 0.05) is 132 Å². The number of imidazole rings is 4. The van der Waals surface area contributed by atoms with Crippen molar-refractivity contribution in [3.8, 4) is 58.1 Å². The lowest BCUT2D eigenvalue weighted by Crippen LogP contribution is -2.50. The van der Waals surface area contributed by atoms with Crippen molar-refractivity contribution in [1.82, 2.24) is 57.8 Å². The number of aromatic nitrogens is 8. The highest BCUT2D eigenvalue weighted by molar-refractivity contribution is 6.02. The van der Waals surface area contributed by atoms with Crippen LogP contribution in [0, 0.1) is 65.5 Å². The molecule has 4 aromatic heterocycles. The van der Waals surface area contributed by atoms with Gasteiger partial charge < -0.3 is 100 Å². The van der Waals surface area contributed by atoms with Crippen LogP contribution in [0.4, 0.5) is 30.7 Å². The Labute approximate surface area is 803 Å². The summed E-state index contributed by atoms with van der Waals surface area (Å²) >= 11 is 0. The number of aliphatic hydroxyl groups is 1. The average Bonchev–Trinajstić information content (AvgIpc) is 1.58. The van der Waals surface area contributed by atoms with Gasteiger partial charge in [0.15, 0.2) is 23.3 Å². The summed E-state index contributed by atoms with van der Waals surface area (Å²) in [6, 6.07) is 42.6. The van der Waals surface area contributed by atoms with Crippen LogP contribution in [0.3, 0.4) is 0 Å². The number of aryl methyl sites for hydroxylation is 6. The summed E-state index contributed by atoms with van der Waals surface area (Å²) in [5.74, 6) is 5.54. The van der Waals surface area contributed by atoms with E-state index in [4.69, 9.17) is 63.7 Å². The number of rotatable bonds is 18. The van der Waals surface area contributed by atoms with Gasteiger partial charge in [0.25, 0.3) is 11.6 Å². The van der Waals surface area contributed by atoms with E-state index in [1.807, 2.05) is 217 Å². The van der Waals surface area contributed by atoms with Gasteiger partial charge in [0.1, 0.15) is 90.2 Å². The number of aliphatic hydroxyl groups excluding tert-OH is 1. The van der Waals surface area contributed by atoms with Crippen molar-refractivity contribution in [2.45, 2.75) is 117 Å². The molecule has 724 valence electrons. The molecule has 4 unspecified atom stereocenters. The molecule has 0 bridgehead atoms. The molecule has 29 nitrogen and oxygen atoms in total. The van der Waals surface area contributed by atoms with Gasteiger partial charge >= 0.3 is 6.18 Å². The first kappa shape index (κ1) is 95.8. The molecule has 0 radical (unpaired) electrons. The number of ether oxygens (including phenoxy) is 8. The summed E-state index contributed by atoms with van der Waals surface area (Å²) in [5, 5.41) is 27.5. The number of hydrogen-bond donors (Lipinski definition) is 1. The summed E-state index contributed by atoms with van der Waals surface area (Å²) in [6.07, 6.45) is 22.1. The van der Waals surface area contributed by atoms with Crippen molar-refractivity contribution in [3.05, 3.63) is 333 Å². The Morgan fingerprint density at radius 2 is 0.764 bits per heavy atom. The minimum absolute atomic E-state index is 0.105. The molecule has 0 saturated carbocycles. The van der Waals surface area contributed by atoms with Crippen molar-refractivity contribution < 1.29 is 93.1 Å². The first-order valence-electron chi connectivity index (χ1n) is 44.7. The lowest BCUT2D eigenvalue weighted by atomic mass is 9.95. The first-order chi connectivity index (χ1) is 67.0. The molecule has 5 atom stereocenters. The smallest absolute Gasteiger partial charge is 0.416 e. The molecule has 8 aromatic carbocycles. The third kappa shape index (κ3) is 19.2. The van der Waals surface area contributed by atoms with Crippen molar-refractivity contribution in [1.29, 1.82) is 0 Å². The van der Waals surface area contributed by atoms with E-state index >= 15 is 0 Å². The van der Waals surface area contributed by atoms with E-state index in [0.29, 0.717) is 120 Å². The van der Waals surface area contributed by atoms with Gasteiger partial charge in [0.05, 0.1) is 131 Å². The second-order valence-electron chi connectivity index (χ2n) is 34.8. The molecule has 0 aliphatic carbocycles. The molecule has 1 N–H and O–H groups in total. The average molecular weight is 1920 g/mol. The van der Waals surface area contributed by atoms with Crippen LogP contribution >= 0.6 is 0 Å². The Bertz CT molecular complexity index is 6970. The van der Waals surface area contributed by atoms with Crippen LogP contribution in [-0.2, 0) is 73.3 Å². The zero-order valence-corrected chi connectivity index (χ0v) is 79.3. The standard InChI is InChI=1S/C27H25F5N4O3.C26H27FN4O4.C26H24N4O3.C25H25FN4O3/c1-16-14-35(15-33-16)21-6-5-17(9-23(21)37-4)22-13-24-34-39-26(3,36(24)7-8-38-22)19-10-18(25(2,28)29)11-20(12-19)27(30,31)32;1-16-7-20(10-21(27)8-16)26(14-32)31-13-18(3)34-23(11-25(31)29-35-26)19-5-6-22(24(9-19)33-4)30-12-17(2)28-15-30;1-5-19-6-9-21(10-7-19)26(3)30-12-13-32-23(15-25(30)28-33-26)20-8-11-22(24(14-20)31-4)29-16-18(2)27-17-29;1-16-9-19(12-20(26)10-16)25(3)30-7-8-32-22(13-24(30)28-33-25)18-5-6-21(23(11-18)31-4)29-14-17(2)27-15-29/h5-6,9-15H,7-8H2,1-4H3;5-12,15,18,32H,13-14H2,1-4H3;1,6-11,14-17H,12-13H2,2-4H3;5-6,9-15H,7-8H2,1-4H3/t;18-,26?;;/m.0../s1. The molecule has 36 heteroatoms. The van der Waals surface area contributed by atoms with Crippen LogP contribution in [-0.4, -0.2) is 173 Å². The predicted octanol–water partition coefficient (Wildman–Crippen LogP) is 18.7. The molecule has 0 fully saturated rings. The molecule has 12 aromatic rings. The molecule has 20 rings (SSSR count). The largest absolute Gasteiger partial charge is 0.495 e. The van der Waals surface area contributed by atoms with Gasteiger partial charge in [0.2, 0.25) is 17.2 Å². The maximum absolute atomic E-state index is 14.2. The lowest BCUT2D eigenvalue weighted by molar-refractivity contribution is -0.141. The summed E-state index contributed by atoms with van der Waals surface area (Å²) < 4.78 is 152. The van der Waals surface area contributed by atoms with Crippen molar-refractivity contribution in [2.24, 2.45) is 20.6 Å². The predicted molar refractivity (Wildman–Crippen MR) is 509 cm³/mol. The Morgan fingerprint density at radius 1 is 0.421 bits per heavy atom. The van der Waals surface area contributed by atoms with Crippen LogP contribution in [0.2, 0.25) is 0 Å². The Morgan fingerprint density at radius 3 is 1.11 bits per heavy atom. The van der Waals surface area contributed by atoms with Gasteiger partial charge in [-0.05, 0) is 199 Å². The van der Waals surface area contributed by atoms with E-state index in [0.717, 1.165) is 102 Å². The minimum Gasteiger partial charge on any atom is -0.495 e. The van der Waals surface area contributed by atoms with Crippen LogP contribution < -0.4 is 18.9 Å². The molecule has 140 heavy (non-hydrogen) atoms. The van der Waals surface area contributed by atoms with E-state index in [9.17, 15) is 35.8 Å². The SMILES string of the molecule is C#Cc1ccc(C2(C)ON=C3C=C(c4ccc(-n5cnc(C)c5)c(OC)c4)OCCN32)cc1.COc1cc(C2=CC3=NOC(C)(c4cc(C(C)(F)F)cc(C(F)(F)F)c4)N3CCO2)ccc1-n1cnc(C)c1.COc1cc(C2=CC3=NOC(C)(c4cc(C)cc(F)c4)N3CCO2)ccc1-n1cnc(C)c1.COc1cc(C2=CC3=NOC(CO)(c4cc(C)cc(F)c4)N3C[C@H](C)O2)ccc1-n1cnc(C)c1. The van der Waals surface area contributed by atoms with Gasteiger partial charge in [-0.1, -0.05) is 38.7 Å². The number of halogens is 7. The van der Waals surface area contributed by atoms with Gasteiger partial charge in [-0.15, -0.1) is 6.42 Å². The number of oxime groups is 4. The third-order valence-corrected chi connectivity index (χ3v) is 24.8. The van der Waals surface area contributed by atoms with Crippen molar-refractivity contribution in [2.75, 3.05) is 81.0 Å². The summed E-state index contributed by atoms with van der Waals surface area (Å²) in [5.41, 5.74) is 8.10. The Balaban J connectivity index is 0.000000129. The van der Waals surface area contributed by atoms with Crippen LogP contribution in [0.25, 0.3) is 45.8 Å². The third-order valence-electron chi connectivity index (χ3n) is 24.8. The van der Waals surface area contributed by atoms with Crippen molar-refractivity contribution >= 4 is 46.4 Å². The number of amidine groups is 4. The zero-order chi connectivity index (χ0) is 99.1. The first-order valence-corrected chi connectivity index (χ1v) is 44.7. The summed E-state index contributed by atoms with van der Waals surface area (Å²) in [4.78, 5) is 47.9. The highest BCUT2D eigenvalue weighted by Gasteiger charge is 2.52. The summed E-state index contributed by atoms with van der Waals surface area (Å²) in [7, 11) is 6.45. The summed E-state index contributed by atoms with van der Waals surface area (Å²) in [6.45, 7) is 21.5. The van der Waals surface area contributed by atoms with E-state index in [-0.39, 0.29) is 36.5 Å². The molecular formula is C104H101F7N16O13. The second-order valence-corrected chi connectivity index (χ2v) is 34.8. The molecule has 8 aliphatic heterocycles.